The van der Waals surface area contributed by atoms with Crippen LogP contribution in [0.15, 0.2) is 24.3 Å². The molecule has 0 unspecified atom stereocenters. The van der Waals surface area contributed by atoms with Crippen molar-refractivity contribution in [2.24, 2.45) is 7.05 Å². The monoisotopic (exact) mass is 245 g/mol. The molecule has 0 saturated carbocycles. The molecular weight excluding hydrogens is 226 g/mol. The Bertz CT molecular complexity index is 529. The van der Waals surface area contributed by atoms with Crippen molar-refractivity contribution < 1.29 is 5.11 Å². The summed E-state index contributed by atoms with van der Waals surface area (Å²) in [5.74, 6) is 0. The van der Waals surface area contributed by atoms with Gasteiger partial charge in [-0.25, -0.2) is 0 Å². The first-order valence-electron chi connectivity index (χ1n) is 6.09. The Hall–Kier alpha value is -1.81. The smallest absolute Gasteiger partial charge is 0.0831 e. The summed E-state index contributed by atoms with van der Waals surface area (Å²) in [6.45, 7) is 4.23. The van der Waals surface area contributed by atoms with Gasteiger partial charge in [-0.3, -0.25) is 4.68 Å². The van der Waals surface area contributed by atoms with E-state index < -0.39 is 0 Å². The number of anilines is 2. The zero-order chi connectivity index (χ0) is 13.1. The van der Waals surface area contributed by atoms with Gasteiger partial charge in [0.05, 0.1) is 17.1 Å². The molecule has 18 heavy (non-hydrogen) atoms. The third-order valence-electron chi connectivity index (χ3n) is 3.13. The van der Waals surface area contributed by atoms with Crippen LogP contribution in [0.1, 0.15) is 17.0 Å². The first kappa shape index (κ1) is 12.6. The summed E-state index contributed by atoms with van der Waals surface area (Å²) in [7, 11) is 1.94. The molecule has 96 valence electrons. The molecule has 4 heteroatoms. The number of aliphatic hydroxyl groups excluding tert-OH is 1. The lowest BCUT2D eigenvalue weighted by atomic mass is 10.1. The van der Waals surface area contributed by atoms with Gasteiger partial charge in [-0.05, 0) is 38.0 Å². The molecule has 0 atom stereocenters. The molecule has 0 radical (unpaired) electrons. The molecule has 0 aliphatic rings. The number of aromatic nitrogens is 2. The maximum absolute atomic E-state index is 8.87. The molecule has 0 fully saturated rings. The fourth-order valence-corrected chi connectivity index (χ4v) is 1.98. The van der Waals surface area contributed by atoms with Gasteiger partial charge >= 0.3 is 0 Å². The van der Waals surface area contributed by atoms with Gasteiger partial charge in [-0.1, -0.05) is 12.1 Å². The number of benzene rings is 1. The van der Waals surface area contributed by atoms with Crippen molar-refractivity contribution in [1.82, 2.24) is 9.78 Å². The highest BCUT2D eigenvalue weighted by Gasteiger charge is 2.08. The lowest BCUT2D eigenvalue weighted by molar-refractivity contribution is 0.299. The summed E-state index contributed by atoms with van der Waals surface area (Å²) in [6, 6.07) is 8.10. The predicted molar refractivity (Wildman–Crippen MR) is 73.2 cm³/mol. The number of hydrogen-bond acceptors (Lipinski definition) is 3. The Kier molecular flexibility index (Phi) is 3.67. The molecule has 0 saturated heterocycles. The molecule has 2 rings (SSSR count). The van der Waals surface area contributed by atoms with Crippen molar-refractivity contribution >= 4 is 11.4 Å². The van der Waals surface area contributed by atoms with Crippen molar-refractivity contribution in [1.29, 1.82) is 0 Å². The highest BCUT2D eigenvalue weighted by atomic mass is 16.2. The van der Waals surface area contributed by atoms with E-state index in [0.29, 0.717) is 6.42 Å². The number of nitrogens with zero attached hydrogens (tertiary/aromatic N) is 2. The van der Waals surface area contributed by atoms with Gasteiger partial charge in [0.15, 0.2) is 0 Å². The van der Waals surface area contributed by atoms with Gasteiger partial charge in [0, 0.05) is 19.3 Å². The molecule has 0 spiro atoms. The van der Waals surface area contributed by atoms with Crippen LogP contribution >= 0.6 is 0 Å². The Labute approximate surface area is 107 Å². The van der Waals surface area contributed by atoms with Crippen LogP contribution < -0.4 is 5.32 Å². The molecule has 0 aliphatic heterocycles. The van der Waals surface area contributed by atoms with Crippen LogP contribution in [-0.2, 0) is 13.5 Å². The highest BCUT2D eigenvalue weighted by molar-refractivity contribution is 5.64. The van der Waals surface area contributed by atoms with E-state index in [-0.39, 0.29) is 6.61 Å². The second-order valence-corrected chi connectivity index (χ2v) is 4.46. The van der Waals surface area contributed by atoms with Crippen LogP contribution in [0.5, 0.6) is 0 Å². The van der Waals surface area contributed by atoms with E-state index in [0.717, 1.165) is 28.3 Å². The molecule has 0 amide bonds. The fourth-order valence-electron chi connectivity index (χ4n) is 1.98. The van der Waals surface area contributed by atoms with Crippen molar-refractivity contribution in [3.8, 4) is 0 Å². The van der Waals surface area contributed by atoms with E-state index in [1.165, 1.54) is 0 Å². The van der Waals surface area contributed by atoms with Gasteiger partial charge in [-0.2, -0.15) is 5.10 Å². The van der Waals surface area contributed by atoms with Crippen LogP contribution in [0, 0.1) is 13.8 Å². The maximum atomic E-state index is 8.87. The Morgan fingerprint density at radius 3 is 2.39 bits per heavy atom. The van der Waals surface area contributed by atoms with E-state index >= 15 is 0 Å². The largest absolute Gasteiger partial charge is 0.396 e. The minimum Gasteiger partial charge on any atom is -0.396 e. The zero-order valence-electron chi connectivity index (χ0n) is 11.1. The molecule has 2 N–H and O–H groups in total. The standard InChI is InChI=1S/C14H19N3O/c1-10-14(11(2)17(3)16-10)15-13-6-4-12(5-7-13)8-9-18/h4-7,15,18H,8-9H2,1-3H3. The molecule has 1 heterocycles. The average Bonchev–Trinajstić information content (AvgIpc) is 2.59. The minimum absolute atomic E-state index is 0.188. The fraction of sp³-hybridized carbons (Fsp3) is 0.357. The molecular formula is C14H19N3O. The quantitative estimate of drug-likeness (QED) is 0.869. The van der Waals surface area contributed by atoms with Crippen molar-refractivity contribution in [2.45, 2.75) is 20.3 Å². The van der Waals surface area contributed by atoms with Gasteiger partial charge in [0.2, 0.25) is 0 Å². The lowest BCUT2D eigenvalue weighted by Crippen LogP contribution is -1.96. The number of nitrogens with one attached hydrogen (secondary N) is 1. The Morgan fingerprint density at radius 1 is 1.22 bits per heavy atom. The van der Waals surface area contributed by atoms with Crippen LogP contribution in [0.4, 0.5) is 11.4 Å². The number of rotatable bonds is 4. The first-order chi connectivity index (χ1) is 8.61. The molecule has 0 bridgehead atoms. The number of aliphatic hydroxyl groups is 1. The summed E-state index contributed by atoms with van der Waals surface area (Å²) < 4.78 is 1.87. The highest BCUT2D eigenvalue weighted by Crippen LogP contribution is 2.23. The third-order valence-corrected chi connectivity index (χ3v) is 3.13. The van der Waals surface area contributed by atoms with Crippen molar-refractivity contribution in [3.05, 3.63) is 41.2 Å². The summed E-state index contributed by atoms with van der Waals surface area (Å²) in [5, 5.41) is 16.6. The van der Waals surface area contributed by atoms with Crippen molar-refractivity contribution in [3.63, 3.8) is 0 Å². The lowest BCUT2D eigenvalue weighted by Gasteiger charge is -2.07. The summed E-state index contributed by atoms with van der Waals surface area (Å²) in [6.07, 6.45) is 0.700. The van der Waals surface area contributed by atoms with Crippen LogP contribution in [0.2, 0.25) is 0 Å². The van der Waals surface area contributed by atoms with E-state index in [9.17, 15) is 0 Å². The van der Waals surface area contributed by atoms with E-state index in [1.54, 1.807) is 0 Å². The van der Waals surface area contributed by atoms with Gasteiger partial charge in [-0.15, -0.1) is 0 Å². The molecule has 1 aromatic carbocycles. The summed E-state index contributed by atoms with van der Waals surface area (Å²) in [5.41, 5.74) is 5.35. The van der Waals surface area contributed by atoms with E-state index in [4.69, 9.17) is 5.11 Å². The number of hydrogen-bond donors (Lipinski definition) is 2. The molecule has 4 nitrogen and oxygen atoms in total. The second-order valence-electron chi connectivity index (χ2n) is 4.46. The molecule has 0 aliphatic carbocycles. The van der Waals surface area contributed by atoms with Crippen LogP contribution in [-0.4, -0.2) is 21.5 Å². The zero-order valence-corrected chi connectivity index (χ0v) is 11.1. The minimum atomic E-state index is 0.188. The maximum Gasteiger partial charge on any atom is 0.0831 e. The normalized spacial score (nSPS) is 10.7. The molecule has 2 aromatic rings. The van der Waals surface area contributed by atoms with Gasteiger partial charge < -0.3 is 10.4 Å². The third kappa shape index (κ3) is 2.54. The molecule has 1 aromatic heterocycles. The first-order valence-corrected chi connectivity index (χ1v) is 6.09. The Balaban J connectivity index is 2.18. The number of aryl methyl sites for hydroxylation is 2. The predicted octanol–water partition coefficient (Wildman–Crippen LogP) is 2.32. The van der Waals surface area contributed by atoms with E-state index in [2.05, 4.69) is 10.4 Å². The van der Waals surface area contributed by atoms with Crippen LogP contribution in [0.3, 0.4) is 0 Å². The van der Waals surface area contributed by atoms with Crippen LogP contribution in [0.25, 0.3) is 0 Å². The second kappa shape index (κ2) is 5.23. The van der Waals surface area contributed by atoms with Gasteiger partial charge in [0.25, 0.3) is 0 Å². The SMILES string of the molecule is Cc1nn(C)c(C)c1Nc1ccc(CCO)cc1. The Morgan fingerprint density at radius 2 is 1.89 bits per heavy atom. The van der Waals surface area contributed by atoms with Crippen molar-refractivity contribution in [2.75, 3.05) is 11.9 Å². The van der Waals surface area contributed by atoms with Gasteiger partial charge in [0.1, 0.15) is 0 Å². The summed E-state index contributed by atoms with van der Waals surface area (Å²) >= 11 is 0. The van der Waals surface area contributed by atoms with E-state index in [1.807, 2.05) is 49.8 Å². The summed E-state index contributed by atoms with van der Waals surface area (Å²) in [4.78, 5) is 0. The average molecular weight is 245 g/mol. The topological polar surface area (TPSA) is 50.1 Å².